The third kappa shape index (κ3) is 6.14. The Bertz CT molecular complexity index is 997. The lowest BCUT2D eigenvalue weighted by Crippen LogP contribution is -2.27. The van der Waals surface area contributed by atoms with Crippen LogP contribution in [-0.2, 0) is 16.4 Å². The molecule has 0 saturated carbocycles. The highest BCUT2D eigenvalue weighted by Gasteiger charge is 2.17. The number of carbonyl (C=O) groups is 1. The molecule has 0 atom stereocenters. The van der Waals surface area contributed by atoms with Gasteiger partial charge in [0.15, 0.2) is 11.5 Å². The molecule has 164 valence electrons. The summed E-state index contributed by atoms with van der Waals surface area (Å²) in [6.45, 7) is 0.828. The molecule has 0 bridgehead atoms. The Balaban J connectivity index is 2.08. The van der Waals surface area contributed by atoms with Crippen molar-refractivity contribution in [3.8, 4) is 11.5 Å². The molecular weight excluding hydrogens is 418 g/mol. The first-order valence-corrected chi connectivity index (χ1v) is 10.7. The molecule has 2 rings (SSSR count). The first kappa shape index (κ1) is 23.6. The minimum atomic E-state index is -3.69. The largest absolute Gasteiger partial charge is 0.493 e. The molecule has 0 aliphatic heterocycles. The van der Waals surface area contributed by atoms with Gasteiger partial charge >= 0.3 is 6.61 Å². The van der Waals surface area contributed by atoms with Crippen molar-refractivity contribution in [3.05, 3.63) is 53.1 Å². The standard InChI is InChI=1S/C20H24F2N2O5S/c1-4-24-30(26,27)15-7-5-13(2)16(12-15)19(25)23-10-9-14-6-8-17(28-3)18(11-14)29-20(21)22/h5-8,11-12,20,24H,4,9-10H2,1-3H3,(H,23,25). The molecule has 0 saturated heterocycles. The van der Waals surface area contributed by atoms with Crippen LogP contribution in [0.25, 0.3) is 0 Å². The van der Waals surface area contributed by atoms with Gasteiger partial charge in [-0.25, -0.2) is 13.1 Å². The van der Waals surface area contributed by atoms with E-state index in [9.17, 15) is 22.0 Å². The van der Waals surface area contributed by atoms with Crippen molar-refractivity contribution in [2.24, 2.45) is 0 Å². The molecule has 0 heterocycles. The van der Waals surface area contributed by atoms with Crippen molar-refractivity contribution in [2.45, 2.75) is 31.8 Å². The van der Waals surface area contributed by atoms with E-state index >= 15 is 0 Å². The number of ether oxygens (including phenoxy) is 2. The summed E-state index contributed by atoms with van der Waals surface area (Å²) >= 11 is 0. The first-order valence-electron chi connectivity index (χ1n) is 9.18. The van der Waals surface area contributed by atoms with Gasteiger partial charge in [0.25, 0.3) is 5.91 Å². The van der Waals surface area contributed by atoms with Crippen molar-refractivity contribution in [3.63, 3.8) is 0 Å². The van der Waals surface area contributed by atoms with Crippen LogP contribution >= 0.6 is 0 Å². The fourth-order valence-electron chi connectivity index (χ4n) is 2.77. The normalized spacial score (nSPS) is 11.4. The average Bonchev–Trinajstić information content (AvgIpc) is 2.67. The van der Waals surface area contributed by atoms with Crippen LogP contribution in [0.1, 0.15) is 28.4 Å². The number of hydrogen-bond acceptors (Lipinski definition) is 5. The SMILES string of the molecule is CCNS(=O)(=O)c1ccc(C)c(C(=O)NCCc2ccc(OC)c(OC(F)F)c2)c1. The lowest BCUT2D eigenvalue weighted by Gasteiger charge is -2.13. The molecule has 0 aliphatic rings. The number of sulfonamides is 1. The van der Waals surface area contributed by atoms with Crippen LogP contribution in [0.3, 0.4) is 0 Å². The zero-order valence-corrected chi connectivity index (χ0v) is 17.7. The number of halogens is 2. The lowest BCUT2D eigenvalue weighted by molar-refractivity contribution is -0.0512. The summed E-state index contributed by atoms with van der Waals surface area (Å²) in [6.07, 6.45) is 0.351. The number of rotatable bonds is 10. The molecule has 10 heteroatoms. The van der Waals surface area contributed by atoms with Crippen LogP contribution < -0.4 is 19.5 Å². The molecule has 2 aromatic carbocycles. The fraction of sp³-hybridized carbons (Fsp3) is 0.350. The van der Waals surface area contributed by atoms with Gasteiger partial charge in [-0.15, -0.1) is 0 Å². The summed E-state index contributed by atoms with van der Waals surface area (Å²) < 4.78 is 61.2. The summed E-state index contributed by atoms with van der Waals surface area (Å²) in [7, 11) is -2.34. The summed E-state index contributed by atoms with van der Waals surface area (Å²) in [5.41, 5.74) is 1.53. The second-order valence-corrected chi connectivity index (χ2v) is 8.11. The van der Waals surface area contributed by atoms with Gasteiger partial charge in [0.05, 0.1) is 12.0 Å². The van der Waals surface area contributed by atoms with Gasteiger partial charge < -0.3 is 14.8 Å². The van der Waals surface area contributed by atoms with Crippen LogP contribution in [0.5, 0.6) is 11.5 Å². The van der Waals surface area contributed by atoms with Gasteiger partial charge in [-0.3, -0.25) is 4.79 Å². The second-order valence-electron chi connectivity index (χ2n) is 6.35. The van der Waals surface area contributed by atoms with Gasteiger partial charge in [0.2, 0.25) is 10.0 Å². The van der Waals surface area contributed by atoms with Crippen molar-refractivity contribution in [1.29, 1.82) is 0 Å². The summed E-state index contributed by atoms with van der Waals surface area (Å²) in [6, 6.07) is 8.94. The van der Waals surface area contributed by atoms with E-state index in [2.05, 4.69) is 14.8 Å². The van der Waals surface area contributed by atoms with E-state index in [1.54, 1.807) is 26.0 Å². The third-order valence-corrected chi connectivity index (χ3v) is 5.78. The van der Waals surface area contributed by atoms with E-state index in [0.29, 0.717) is 17.5 Å². The number of benzene rings is 2. The molecule has 30 heavy (non-hydrogen) atoms. The van der Waals surface area contributed by atoms with Crippen LogP contribution in [0, 0.1) is 6.92 Å². The fourth-order valence-corrected chi connectivity index (χ4v) is 3.83. The van der Waals surface area contributed by atoms with Crippen LogP contribution in [0.2, 0.25) is 0 Å². The molecular formula is C20H24F2N2O5S. The highest BCUT2D eigenvalue weighted by molar-refractivity contribution is 7.89. The zero-order valence-electron chi connectivity index (χ0n) is 16.9. The molecule has 7 nitrogen and oxygen atoms in total. The van der Waals surface area contributed by atoms with Crippen molar-refractivity contribution in [2.75, 3.05) is 20.2 Å². The lowest BCUT2D eigenvalue weighted by atomic mass is 10.1. The zero-order chi connectivity index (χ0) is 22.3. The molecule has 0 aromatic heterocycles. The Morgan fingerprint density at radius 1 is 1.13 bits per heavy atom. The van der Waals surface area contributed by atoms with E-state index < -0.39 is 22.5 Å². The maximum atomic E-state index is 12.5. The molecule has 2 aromatic rings. The summed E-state index contributed by atoms with van der Waals surface area (Å²) in [4.78, 5) is 12.5. The monoisotopic (exact) mass is 442 g/mol. The molecule has 0 fully saturated rings. The molecule has 0 radical (unpaired) electrons. The predicted molar refractivity (Wildman–Crippen MR) is 108 cm³/mol. The topological polar surface area (TPSA) is 93.7 Å². The number of nitrogens with one attached hydrogen (secondary N) is 2. The van der Waals surface area contributed by atoms with Gasteiger partial charge in [-0.1, -0.05) is 19.1 Å². The van der Waals surface area contributed by atoms with Gasteiger partial charge in [-0.05, 0) is 48.7 Å². The molecule has 0 unspecified atom stereocenters. The second kappa shape index (κ2) is 10.4. The number of amides is 1. The number of alkyl halides is 2. The van der Waals surface area contributed by atoms with Crippen molar-refractivity contribution in [1.82, 2.24) is 10.0 Å². The number of aryl methyl sites for hydroxylation is 1. The van der Waals surface area contributed by atoms with Crippen LogP contribution in [0.4, 0.5) is 8.78 Å². The quantitative estimate of drug-likeness (QED) is 0.590. The average molecular weight is 442 g/mol. The Morgan fingerprint density at radius 3 is 2.50 bits per heavy atom. The van der Waals surface area contributed by atoms with E-state index in [-0.39, 0.29) is 35.0 Å². The minimum absolute atomic E-state index is 0.00374. The summed E-state index contributed by atoms with van der Waals surface area (Å²) in [5, 5.41) is 2.71. The number of hydrogen-bond donors (Lipinski definition) is 2. The van der Waals surface area contributed by atoms with E-state index in [1.165, 1.54) is 31.4 Å². The molecule has 2 N–H and O–H groups in total. The number of carbonyl (C=O) groups excluding carboxylic acids is 1. The first-order chi connectivity index (χ1) is 14.2. The van der Waals surface area contributed by atoms with Gasteiger partial charge in [0, 0.05) is 18.7 Å². The molecule has 1 amide bonds. The van der Waals surface area contributed by atoms with Crippen LogP contribution in [0.15, 0.2) is 41.3 Å². The van der Waals surface area contributed by atoms with Crippen molar-refractivity contribution < 1.29 is 31.5 Å². The Morgan fingerprint density at radius 2 is 1.87 bits per heavy atom. The maximum Gasteiger partial charge on any atom is 0.387 e. The van der Waals surface area contributed by atoms with E-state index in [0.717, 1.165) is 0 Å². The minimum Gasteiger partial charge on any atom is -0.493 e. The smallest absolute Gasteiger partial charge is 0.387 e. The third-order valence-electron chi connectivity index (χ3n) is 4.24. The van der Waals surface area contributed by atoms with Gasteiger partial charge in [0.1, 0.15) is 0 Å². The molecule has 0 spiro atoms. The predicted octanol–water partition coefficient (Wildman–Crippen LogP) is 2.88. The highest BCUT2D eigenvalue weighted by atomic mass is 32.2. The van der Waals surface area contributed by atoms with Crippen molar-refractivity contribution >= 4 is 15.9 Å². The Labute approximate surface area is 174 Å². The van der Waals surface area contributed by atoms with E-state index in [4.69, 9.17) is 4.74 Å². The molecule has 0 aliphatic carbocycles. The van der Waals surface area contributed by atoms with E-state index in [1.807, 2.05) is 0 Å². The van der Waals surface area contributed by atoms with Crippen LogP contribution in [-0.4, -0.2) is 41.1 Å². The maximum absolute atomic E-state index is 12.5. The highest BCUT2D eigenvalue weighted by Crippen LogP contribution is 2.29. The van der Waals surface area contributed by atoms with Gasteiger partial charge in [-0.2, -0.15) is 8.78 Å². The number of methoxy groups -OCH3 is 1. The Kier molecular flexibility index (Phi) is 8.13. The summed E-state index contributed by atoms with van der Waals surface area (Å²) in [5.74, 6) is -0.343. The Hall–Kier alpha value is -2.72.